The van der Waals surface area contributed by atoms with E-state index >= 15 is 0 Å². The maximum Gasteiger partial charge on any atom is 0.0920 e. The van der Waals surface area contributed by atoms with E-state index in [0.29, 0.717) is 6.61 Å². The van der Waals surface area contributed by atoms with Gasteiger partial charge in [-0.1, -0.05) is 0 Å². The number of hydrogen-bond acceptors (Lipinski definition) is 3. The van der Waals surface area contributed by atoms with Crippen molar-refractivity contribution in [2.45, 2.75) is 26.1 Å². The van der Waals surface area contributed by atoms with E-state index in [1.54, 1.807) is 6.92 Å². The second-order valence-corrected chi connectivity index (χ2v) is 1.96. The Kier molecular flexibility index (Phi) is 4.67. The van der Waals surface area contributed by atoms with Crippen molar-refractivity contribution in [3.63, 3.8) is 0 Å². The highest BCUT2D eigenvalue weighted by atomic mass is 16.5. The van der Waals surface area contributed by atoms with Gasteiger partial charge in [0.2, 0.25) is 0 Å². The van der Waals surface area contributed by atoms with Crippen molar-refractivity contribution in [3.05, 3.63) is 0 Å². The lowest BCUT2D eigenvalue weighted by atomic mass is 10.2. The van der Waals surface area contributed by atoms with Crippen LogP contribution in [0.3, 0.4) is 0 Å². The van der Waals surface area contributed by atoms with Crippen LogP contribution in [0.25, 0.3) is 0 Å². The molecular formula is C6H15NO2. The Balaban J connectivity index is 3.32. The van der Waals surface area contributed by atoms with Gasteiger partial charge in [-0.2, -0.15) is 0 Å². The zero-order chi connectivity index (χ0) is 7.28. The van der Waals surface area contributed by atoms with Gasteiger partial charge in [0.05, 0.1) is 12.2 Å². The molecule has 0 saturated heterocycles. The molecule has 3 nitrogen and oxygen atoms in total. The summed E-state index contributed by atoms with van der Waals surface area (Å²) in [5.74, 6) is 0. The van der Waals surface area contributed by atoms with E-state index in [4.69, 9.17) is 15.6 Å². The summed E-state index contributed by atoms with van der Waals surface area (Å²) in [4.78, 5) is 0. The first-order valence-electron chi connectivity index (χ1n) is 3.22. The molecule has 56 valence electrons. The van der Waals surface area contributed by atoms with Gasteiger partial charge in [-0.15, -0.1) is 0 Å². The molecule has 0 aromatic rings. The summed E-state index contributed by atoms with van der Waals surface area (Å²) in [7, 11) is 0. The van der Waals surface area contributed by atoms with Crippen molar-refractivity contribution in [1.82, 2.24) is 0 Å². The van der Waals surface area contributed by atoms with Crippen molar-refractivity contribution in [1.29, 1.82) is 0 Å². The molecule has 0 amide bonds. The Labute approximate surface area is 55.8 Å². The third-order valence-corrected chi connectivity index (χ3v) is 1.21. The highest BCUT2D eigenvalue weighted by Crippen LogP contribution is 1.95. The van der Waals surface area contributed by atoms with Gasteiger partial charge >= 0.3 is 0 Å². The molecule has 3 heteroatoms. The first-order valence-corrected chi connectivity index (χ1v) is 3.22. The largest absolute Gasteiger partial charge is 0.389 e. The molecule has 0 fully saturated rings. The van der Waals surface area contributed by atoms with Gasteiger partial charge < -0.3 is 15.6 Å². The van der Waals surface area contributed by atoms with Gasteiger partial charge in [-0.3, -0.25) is 0 Å². The van der Waals surface area contributed by atoms with Gasteiger partial charge in [0.1, 0.15) is 0 Å². The summed E-state index contributed by atoms with van der Waals surface area (Å²) in [5, 5.41) is 9.01. The zero-order valence-electron chi connectivity index (χ0n) is 6.00. The number of aliphatic hydroxyl groups is 1. The van der Waals surface area contributed by atoms with Crippen molar-refractivity contribution in [2.24, 2.45) is 5.73 Å². The average molecular weight is 133 g/mol. The Bertz CT molecular complexity index is 68.1. The van der Waals surface area contributed by atoms with Crippen molar-refractivity contribution < 1.29 is 9.84 Å². The SMILES string of the molecule is CCOC(C)C(O)CN. The van der Waals surface area contributed by atoms with E-state index < -0.39 is 6.10 Å². The smallest absolute Gasteiger partial charge is 0.0920 e. The summed E-state index contributed by atoms with van der Waals surface area (Å²) >= 11 is 0. The highest BCUT2D eigenvalue weighted by molar-refractivity contribution is 4.63. The maximum atomic E-state index is 9.01. The van der Waals surface area contributed by atoms with Crippen LogP contribution in [0, 0.1) is 0 Å². The van der Waals surface area contributed by atoms with Crippen LogP contribution in [-0.4, -0.2) is 30.5 Å². The summed E-state index contributed by atoms with van der Waals surface area (Å²) in [6.45, 7) is 4.58. The summed E-state index contributed by atoms with van der Waals surface area (Å²) in [6, 6.07) is 0. The first-order chi connectivity index (χ1) is 4.22. The van der Waals surface area contributed by atoms with E-state index in [1.807, 2.05) is 6.92 Å². The van der Waals surface area contributed by atoms with E-state index in [1.165, 1.54) is 0 Å². The normalized spacial score (nSPS) is 17.3. The number of ether oxygens (including phenoxy) is 1. The van der Waals surface area contributed by atoms with Gasteiger partial charge in [0.25, 0.3) is 0 Å². The summed E-state index contributed by atoms with van der Waals surface area (Å²) in [6.07, 6.45) is -0.662. The molecular weight excluding hydrogens is 118 g/mol. The molecule has 2 unspecified atom stereocenters. The minimum absolute atomic E-state index is 0.139. The lowest BCUT2D eigenvalue weighted by molar-refractivity contribution is -0.0168. The van der Waals surface area contributed by atoms with Crippen molar-refractivity contribution in [3.8, 4) is 0 Å². The lowest BCUT2D eigenvalue weighted by Crippen LogP contribution is -2.33. The predicted octanol–water partition coefficient (Wildman–Crippen LogP) is -0.269. The van der Waals surface area contributed by atoms with Crippen LogP contribution < -0.4 is 5.73 Å². The van der Waals surface area contributed by atoms with Gasteiger partial charge in [0, 0.05) is 13.2 Å². The number of nitrogens with two attached hydrogens (primary N) is 1. The Morgan fingerprint density at radius 1 is 1.67 bits per heavy atom. The fourth-order valence-corrected chi connectivity index (χ4v) is 0.566. The summed E-state index contributed by atoms with van der Waals surface area (Å²) in [5.41, 5.74) is 5.17. The van der Waals surface area contributed by atoms with E-state index in [0.717, 1.165) is 0 Å². The molecule has 0 bridgehead atoms. The van der Waals surface area contributed by atoms with Crippen LogP contribution in [0.5, 0.6) is 0 Å². The average Bonchev–Trinajstić information content (AvgIpc) is 1.87. The molecule has 0 heterocycles. The lowest BCUT2D eigenvalue weighted by Gasteiger charge is -2.16. The van der Waals surface area contributed by atoms with Crippen LogP contribution in [0.4, 0.5) is 0 Å². The van der Waals surface area contributed by atoms with Gasteiger partial charge in [-0.05, 0) is 13.8 Å². The van der Waals surface area contributed by atoms with Gasteiger partial charge in [-0.25, -0.2) is 0 Å². The molecule has 3 N–H and O–H groups in total. The molecule has 0 aromatic carbocycles. The molecule has 0 aliphatic carbocycles. The van der Waals surface area contributed by atoms with Gasteiger partial charge in [0.15, 0.2) is 0 Å². The molecule has 2 atom stereocenters. The second kappa shape index (κ2) is 4.73. The third-order valence-electron chi connectivity index (χ3n) is 1.21. The van der Waals surface area contributed by atoms with E-state index in [2.05, 4.69) is 0 Å². The van der Waals surface area contributed by atoms with Crippen molar-refractivity contribution in [2.75, 3.05) is 13.2 Å². The zero-order valence-corrected chi connectivity index (χ0v) is 6.00. The van der Waals surface area contributed by atoms with Crippen LogP contribution in [0.15, 0.2) is 0 Å². The molecule has 9 heavy (non-hydrogen) atoms. The molecule has 0 spiro atoms. The fourth-order valence-electron chi connectivity index (χ4n) is 0.566. The van der Waals surface area contributed by atoms with E-state index in [9.17, 15) is 0 Å². The molecule has 0 aliphatic rings. The first kappa shape index (κ1) is 8.88. The molecule has 0 aliphatic heterocycles. The molecule has 0 rings (SSSR count). The minimum Gasteiger partial charge on any atom is -0.389 e. The fraction of sp³-hybridized carbons (Fsp3) is 1.00. The van der Waals surface area contributed by atoms with Crippen LogP contribution in [0.1, 0.15) is 13.8 Å². The Hall–Kier alpha value is -0.120. The molecule has 0 radical (unpaired) electrons. The van der Waals surface area contributed by atoms with Crippen LogP contribution >= 0.6 is 0 Å². The maximum absolute atomic E-state index is 9.01. The quantitative estimate of drug-likeness (QED) is 0.555. The van der Waals surface area contributed by atoms with Crippen LogP contribution in [0.2, 0.25) is 0 Å². The molecule has 0 saturated carbocycles. The standard InChI is InChI=1S/C6H15NO2/c1-3-9-5(2)6(8)4-7/h5-6,8H,3-4,7H2,1-2H3. The minimum atomic E-state index is -0.523. The highest BCUT2D eigenvalue weighted by Gasteiger charge is 2.10. The number of rotatable bonds is 4. The monoisotopic (exact) mass is 133 g/mol. The second-order valence-electron chi connectivity index (χ2n) is 1.96. The number of hydrogen-bond donors (Lipinski definition) is 2. The summed E-state index contributed by atoms with van der Waals surface area (Å²) < 4.78 is 5.06. The molecule has 0 aromatic heterocycles. The van der Waals surface area contributed by atoms with E-state index in [-0.39, 0.29) is 12.6 Å². The van der Waals surface area contributed by atoms with Crippen molar-refractivity contribution >= 4 is 0 Å². The topological polar surface area (TPSA) is 55.5 Å². The van der Waals surface area contributed by atoms with Crippen LogP contribution in [-0.2, 0) is 4.74 Å². The Morgan fingerprint density at radius 2 is 2.22 bits per heavy atom. The Morgan fingerprint density at radius 3 is 2.56 bits per heavy atom. The third kappa shape index (κ3) is 3.46. The predicted molar refractivity (Wildman–Crippen MR) is 36.1 cm³/mol. The number of aliphatic hydroxyl groups excluding tert-OH is 1.